The number of hydrogen-bond donors (Lipinski definition) is 3. The largest absolute Gasteiger partial charge is 0.381 e. The summed E-state index contributed by atoms with van der Waals surface area (Å²) in [6.07, 6.45) is 3.17. The summed E-state index contributed by atoms with van der Waals surface area (Å²) in [5.74, 6) is 1.28. The van der Waals surface area contributed by atoms with Crippen LogP contribution in [0.2, 0.25) is 5.02 Å². The van der Waals surface area contributed by atoms with Gasteiger partial charge in [-0.2, -0.15) is 0 Å². The monoisotopic (exact) mass is 410 g/mol. The van der Waals surface area contributed by atoms with Gasteiger partial charge in [0, 0.05) is 56.4 Å². The third-order valence-electron chi connectivity index (χ3n) is 4.36. The predicted octanol–water partition coefficient (Wildman–Crippen LogP) is 2.67. The molecular weight excluding hydrogens is 380 g/mol. The number of rotatable bonds is 11. The summed E-state index contributed by atoms with van der Waals surface area (Å²) < 4.78 is 11.0. The van der Waals surface area contributed by atoms with Crippen molar-refractivity contribution in [1.29, 1.82) is 0 Å². The van der Waals surface area contributed by atoms with Crippen LogP contribution in [-0.2, 0) is 14.3 Å². The van der Waals surface area contributed by atoms with Crippen molar-refractivity contribution < 1.29 is 14.3 Å². The van der Waals surface area contributed by atoms with Crippen LogP contribution in [0, 0.1) is 5.92 Å². The van der Waals surface area contributed by atoms with Gasteiger partial charge < -0.3 is 25.4 Å². The van der Waals surface area contributed by atoms with Crippen molar-refractivity contribution in [3.05, 3.63) is 29.3 Å². The maximum atomic E-state index is 11.9. The highest BCUT2D eigenvalue weighted by atomic mass is 35.5. The minimum atomic E-state index is -0.0168. The lowest BCUT2D eigenvalue weighted by Crippen LogP contribution is -2.38. The number of nitrogens with one attached hydrogen (secondary N) is 3. The number of anilines is 1. The number of nitrogens with zero attached hydrogens (tertiary/aromatic N) is 1. The molecular formula is C20H31ClN4O3. The molecule has 1 amide bonds. The van der Waals surface area contributed by atoms with Gasteiger partial charge >= 0.3 is 0 Å². The minimum Gasteiger partial charge on any atom is -0.381 e. The van der Waals surface area contributed by atoms with Crippen molar-refractivity contribution in [2.75, 3.05) is 51.9 Å². The Bertz CT molecular complexity index is 604. The molecule has 1 aromatic rings. The molecule has 1 aliphatic heterocycles. The second kappa shape index (κ2) is 13.4. The summed E-state index contributed by atoms with van der Waals surface area (Å²) in [4.78, 5) is 16.1. The molecule has 0 radical (unpaired) electrons. The van der Waals surface area contributed by atoms with Gasteiger partial charge in [0.1, 0.15) is 0 Å². The first-order chi connectivity index (χ1) is 13.7. The standard InChI is InChI=1S/C20H31ClN4O3/c1-22-20(24-11-3-12-27-14-16-9-13-28-15-16)23-10-2-4-19(26)25-18-7-5-17(21)6-8-18/h5-8,16H,2-4,9-15H2,1H3,(H,25,26)(H2,22,23,24). The van der Waals surface area contributed by atoms with E-state index in [4.69, 9.17) is 21.1 Å². The molecule has 8 heteroatoms. The van der Waals surface area contributed by atoms with E-state index in [0.29, 0.717) is 30.3 Å². The molecule has 1 fully saturated rings. The molecule has 0 spiro atoms. The number of aliphatic imine (C=N–C) groups is 1. The Labute approximate surface area is 172 Å². The zero-order valence-corrected chi connectivity index (χ0v) is 17.3. The number of amides is 1. The molecule has 0 aromatic heterocycles. The molecule has 1 atom stereocenters. The predicted molar refractivity (Wildman–Crippen MR) is 113 cm³/mol. The maximum absolute atomic E-state index is 11.9. The Morgan fingerprint density at radius 1 is 1.25 bits per heavy atom. The fraction of sp³-hybridized carbons (Fsp3) is 0.600. The molecule has 3 N–H and O–H groups in total. The molecule has 156 valence electrons. The highest BCUT2D eigenvalue weighted by Gasteiger charge is 2.15. The van der Waals surface area contributed by atoms with Crippen molar-refractivity contribution in [1.82, 2.24) is 10.6 Å². The summed E-state index contributed by atoms with van der Waals surface area (Å²) in [5, 5.41) is 9.97. The van der Waals surface area contributed by atoms with E-state index in [-0.39, 0.29) is 5.91 Å². The van der Waals surface area contributed by atoms with E-state index in [2.05, 4.69) is 20.9 Å². The average molecular weight is 411 g/mol. The molecule has 2 rings (SSSR count). The molecule has 0 bridgehead atoms. The lowest BCUT2D eigenvalue weighted by atomic mass is 10.1. The number of carbonyl (C=O) groups excluding carboxylic acids is 1. The fourth-order valence-electron chi connectivity index (χ4n) is 2.78. The molecule has 28 heavy (non-hydrogen) atoms. The second-order valence-electron chi connectivity index (χ2n) is 6.74. The van der Waals surface area contributed by atoms with Crippen LogP contribution in [0.5, 0.6) is 0 Å². The van der Waals surface area contributed by atoms with Crippen molar-refractivity contribution in [2.24, 2.45) is 10.9 Å². The summed E-state index contributed by atoms with van der Waals surface area (Å²) in [7, 11) is 1.74. The zero-order valence-electron chi connectivity index (χ0n) is 16.5. The number of hydrogen-bond acceptors (Lipinski definition) is 4. The van der Waals surface area contributed by atoms with E-state index < -0.39 is 0 Å². The molecule has 1 aliphatic rings. The Balaban J connectivity index is 1.47. The third kappa shape index (κ3) is 9.39. The topological polar surface area (TPSA) is 84.0 Å². The Hall–Kier alpha value is -1.83. The van der Waals surface area contributed by atoms with Crippen LogP contribution < -0.4 is 16.0 Å². The fourth-order valence-corrected chi connectivity index (χ4v) is 2.90. The van der Waals surface area contributed by atoms with Crippen LogP contribution >= 0.6 is 11.6 Å². The van der Waals surface area contributed by atoms with Crippen molar-refractivity contribution in [2.45, 2.75) is 25.7 Å². The second-order valence-corrected chi connectivity index (χ2v) is 7.18. The lowest BCUT2D eigenvalue weighted by Gasteiger charge is -2.12. The molecule has 1 heterocycles. The number of halogens is 1. The molecule has 7 nitrogen and oxygen atoms in total. The quantitative estimate of drug-likeness (QED) is 0.297. The smallest absolute Gasteiger partial charge is 0.224 e. The van der Waals surface area contributed by atoms with E-state index in [9.17, 15) is 4.79 Å². The highest BCUT2D eigenvalue weighted by molar-refractivity contribution is 6.30. The Kier molecular flexibility index (Phi) is 10.7. The lowest BCUT2D eigenvalue weighted by molar-refractivity contribution is -0.116. The summed E-state index contributed by atoms with van der Waals surface area (Å²) in [6.45, 7) is 4.66. The van der Waals surface area contributed by atoms with Crippen LogP contribution in [-0.4, -0.2) is 58.4 Å². The molecule has 1 saturated heterocycles. The first-order valence-electron chi connectivity index (χ1n) is 9.83. The van der Waals surface area contributed by atoms with Crippen LogP contribution in [0.15, 0.2) is 29.3 Å². The van der Waals surface area contributed by atoms with Crippen LogP contribution in [0.25, 0.3) is 0 Å². The van der Waals surface area contributed by atoms with Gasteiger partial charge in [0.25, 0.3) is 0 Å². The number of ether oxygens (including phenoxy) is 2. The van der Waals surface area contributed by atoms with Crippen LogP contribution in [0.3, 0.4) is 0 Å². The van der Waals surface area contributed by atoms with Gasteiger partial charge in [-0.15, -0.1) is 0 Å². The summed E-state index contributed by atoms with van der Waals surface area (Å²) in [5.41, 5.74) is 0.752. The van der Waals surface area contributed by atoms with Crippen molar-refractivity contribution >= 4 is 29.2 Å². The molecule has 0 saturated carbocycles. The van der Waals surface area contributed by atoms with Gasteiger partial charge in [0.05, 0.1) is 13.2 Å². The SMILES string of the molecule is CN=C(NCCCOCC1CCOC1)NCCCC(=O)Nc1ccc(Cl)cc1. The van der Waals surface area contributed by atoms with E-state index in [1.54, 1.807) is 31.3 Å². The first kappa shape index (κ1) is 22.5. The number of carbonyl (C=O) groups is 1. The Morgan fingerprint density at radius 3 is 2.68 bits per heavy atom. The van der Waals surface area contributed by atoms with E-state index in [1.807, 2.05) is 0 Å². The summed E-state index contributed by atoms with van der Waals surface area (Å²) >= 11 is 5.83. The highest BCUT2D eigenvalue weighted by Crippen LogP contribution is 2.14. The van der Waals surface area contributed by atoms with Crippen molar-refractivity contribution in [3.8, 4) is 0 Å². The zero-order chi connectivity index (χ0) is 20.0. The van der Waals surface area contributed by atoms with E-state index in [1.165, 1.54) is 0 Å². The number of benzene rings is 1. The van der Waals surface area contributed by atoms with Gasteiger partial charge in [-0.05, 0) is 43.5 Å². The first-order valence-corrected chi connectivity index (χ1v) is 10.2. The maximum Gasteiger partial charge on any atom is 0.224 e. The van der Waals surface area contributed by atoms with Crippen LogP contribution in [0.4, 0.5) is 5.69 Å². The molecule has 1 aromatic carbocycles. The molecule has 0 aliphatic carbocycles. The van der Waals surface area contributed by atoms with Crippen molar-refractivity contribution in [3.63, 3.8) is 0 Å². The summed E-state index contributed by atoms with van der Waals surface area (Å²) in [6, 6.07) is 7.08. The minimum absolute atomic E-state index is 0.0168. The van der Waals surface area contributed by atoms with E-state index in [0.717, 1.165) is 57.5 Å². The number of guanidine groups is 1. The van der Waals surface area contributed by atoms with E-state index >= 15 is 0 Å². The Morgan fingerprint density at radius 2 is 2.00 bits per heavy atom. The molecule has 1 unspecified atom stereocenters. The van der Waals surface area contributed by atoms with Crippen LogP contribution in [0.1, 0.15) is 25.7 Å². The average Bonchev–Trinajstić information content (AvgIpc) is 3.21. The third-order valence-corrected chi connectivity index (χ3v) is 4.61. The van der Waals surface area contributed by atoms with Gasteiger partial charge in [-0.3, -0.25) is 9.79 Å². The van der Waals surface area contributed by atoms with Gasteiger partial charge in [-0.1, -0.05) is 11.6 Å². The van der Waals surface area contributed by atoms with Gasteiger partial charge in [-0.25, -0.2) is 0 Å². The normalized spacial score (nSPS) is 16.8. The van der Waals surface area contributed by atoms with Gasteiger partial charge in [0.15, 0.2) is 5.96 Å². The van der Waals surface area contributed by atoms with Gasteiger partial charge in [0.2, 0.25) is 5.91 Å².